The largest absolute Gasteiger partial charge is 0.394 e. The van der Waals surface area contributed by atoms with Crippen LogP contribution in [0.25, 0.3) is 0 Å². The number of nitrogens with one attached hydrogen (secondary N) is 1. The average molecular weight is 168 g/mol. The smallest absolute Gasteiger partial charge is 0.0786 e. The van der Waals surface area contributed by atoms with E-state index < -0.39 is 0 Å². The van der Waals surface area contributed by atoms with Gasteiger partial charge in [0.1, 0.15) is 0 Å². The molecule has 0 amide bonds. The topological polar surface area (TPSA) is 35.5 Å². The van der Waals surface area contributed by atoms with Crippen LogP contribution in [0.2, 0.25) is 0 Å². The number of hydrazine groups is 1. The third-order valence-electron chi connectivity index (χ3n) is 2.97. The molecule has 0 unspecified atom stereocenters. The summed E-state index contributed by atoms with van der Waals surface area (Å²) in [6.45, 7) is 3.31. The first-order valence-electron chi connectivity index (χ1n) is 4.58. The van der Waals surface area contributed by atoms with Gasteiger partial charge in [-0.2, -0.15) is 0 Å². The molecular weight excluding hydrogens is 152 g/mol. The van der Waals surface area contributed by atoms with Crippen molar-refractivity contribution in [1.29, 1.82) is 0 Å². The Morgan fingerprint density at radius 1 is 1.67 bits per heavy atom. The van der Waals surface area contributed by atoms with Gasteiger partial charge in [0.05, 0.1) is 12.1 Å². The predicted molar refractivity (Wildman–Crippen MR) is 47.3 cm³/mol. The molecule has 68 valence electrons. The van der Waals surface area contributed by atoms with E-state index in [4.69, 9.17) is 0 Å². The molecule has 2 N–H and O–H groups in total. The molecule has 0 bridgehead atoms. The van der Waals surface area contributed by atoms with E-state index in [1.807, 2.05) is 0 Å². The van der Waals surface area contributed by atoms with Crippen molar-refractivity contribution in [3.05, 3.63) is 11.8 Å². The molecule has 1 aliphatic carbocycles. The number of aliphatic hydroxyl groups is 1. The van der Waals surface area contributed by atoms with E-state index in [1.54, 1.807) is 0 Å². The molecule has 1 fully saturated rings. The Kier molecular flexibility index (Phi) is 1.85. The van der Waals surface area contributed by atoms with Crippen LogP contribution in [0.4, 0.5) is 0 Å². The van der Waals surface area contributed by atoms with Gasteiger partial charge < -0.3 is 10.1 Å². The Labute approximate surface area is 73.0 Å². The van der Waals surface area contributed by atoms with Gasteiger partial charge in [0.15, 0.2) is 0 Å². The van der Waals surface area contributed by atoms with Crippen LogP contribution in [-0.4, -0.2) is 28.8 Å². The molecular formula is C9H16N2O. The van der Waals surface area contributed by atoms with Crippen LogP contribution in [0.5, 0.6) is 0 Å². The maximum atomic E-state index is 9.27. The van der Waals surface area contributed by atoms with Crippen LogP contribution >= 0.6 is 0 Å². The molecule has 0 aromatic carbocycles. The second-order valence-corrected chi connectivity index (χ2v) is 3.92. The standard InChI is InChI=1S/C9H16N2O/c1-8-5-10-11(6-8)9(7-12)3-2-4-9/h6,10,12H,2-5,7H2,1H3. The maximum absolute atomic E-state index is 9.27. The van der Waals surface area contributed by atoms with Crippen molar-refractivity contribution < 1.29 is 5.11 Å². The molecule has 1 saturated carbocycles. The molecule has 0 atom stereocenters. The van der Waals surface area contributed by atoms with Crippen molar-refractivity contribution in [2.75, 3.05) is 13.2 Å². The first-order valence-corrected chi connectivity index (χ1v) is 4.58. The minimum Gasteiger partial charge on any atom is -0.394 e. The number of hydrogen-bond donors (Lipinski definition) is 2. The van der Waals surface area contributed by atoms with Crippen molar-refractivity contribution in [3.8, 4) is 0 Å². The van der Waals surface area contributed by atoms with Gasteiger partial charge in [-0.15, -0.1) is 0 Å². The molecule has 0 radical (unpaired) electrons. The summed E-state index contributed by atoms with van der Waals surface area (Å²) < 4.78 is 0. The van der Waals surface area contributed by atoms with Crippen LogP contribution in [0.3, 0.4) is 0 Å². The zero-order valence-electron chi connectivity index (χ0n) is 7.51. The fraction of sp³-hybridized carbons (Fsp3) is 0.778. The van der Waals surface area contributed by atoms with Gasteiger partial charge in [-0.3, -0.25) is 0 Å². The molecule has 3 heteroatoms. The first kappa shape index (κ1) is 8.08. The second-order valence-electron chi connectivity index (χ2n) is 3.92. The predicted octanol–water partition coefficient (Wildman–Crippen LogP) is 0.625. The summed E-state index contributed by atoms with van der Waals surface area (Å²) in [5, 5.41) is 11.4. The van der Waals surface area contributed by atoms with E-state index in [-0.39, 0.29) is 12.1 Å². The molecule has 0 spiro atoms. The SMILES string of the molecule is CC1=CN(C2(CO)CCC2)NC1. The zero-order valence-corrected chi connectivity index (χ0v) is 7.51. The van der Waals surface area contributed by atoms with Gasteiger partial charge in [0.2, 0.25) is 0 Å². The molecule has 2 rings (SSSR count). The minimum absolute atomic E-state index is 0.0256. The van der Waals surface area contributed by atoms with E-state index in [1.165, 1.54) is 12.0 Å². The highest BCUT2D eigenvalue weighted by Gasteiger charge is 2.42. The lowest BCUT2D eigenvalue weighted by molar-refractivity contribution is -0.0201. The Morgan fingerprint density at radius 3 is 2.75 bits per heavy atom. The Balaban J connectivity index is 2.07. The molecule has 0 aromatic heterocycles. The van der Waals surface area contributed by atoms with Crippen molar-refractivity contribution in [2.45, 2.75) is 31.7 Å². The second kappa shape index (κ2) is 2.75. The average Bonchev–Trinajstić information content (AvgIpc) is 2.35. The molecule has 1 aliphatic heterocycles. The highest BCUT2D eigenvalue weighted by molar-refractivity contribution is 5.11. The van der Waals surface area contributed by atoms with Crippen molar-refractivity contribution in [2.24, 2.45) is 0 Å². The van der Waals surface area contributed by atoms with Crippen LogP contribution in [0, 0.1) is 0 Å². The van der Waals surface area contributed by atoms with Gasteiger partial charge in [-0.1, -0.05) is 0 Å². The molecule has 1 heterocycles. The quantitative estimate of drug-likeness (QED) is 0.634. The van der Waals surface area contributed by atoms with Gasteiger partial charge >= 0.3 is 0 Å². The maximum Gasteiger partial charge on any atom is 0.0786 e. The first-order chi connectivity index (χ1) is 5.77. The summed E-state index contributed by atoms with van der Waals surface area (Å²) in [4.78, 5) is 0. The summed E-state index contributed by atoms with van der Waals surface area (Å²) in [6, 6.07) is 0. The minimum atomic E-state index is 0.0256. The van der Waals surface area contributed by atoms with E-state index in [0.29, 0.717) is 0 Å². The lowest BCUT2D eigenvalue weighted by atomic mass is 9.77. The molecule has 0 aromatic rings. The lowest BCUT2D eigenvalue weighted by Gasteiger charge is -2.47. The summed E-state index contributed by atoms with van der Waals surface area (Å²) >= 11 is 0. The molecule has 12 heavy (non-hydrogen) atoms. The van der Waals surface area contributed by atoms with Crippen molar-refractivity contribution in [1.82, 2.24) is 10.4 Å². The van der Waals surface area contributed by atoms with E-state index >= 15 is 0 Å². The van der Waals surface area contributed by atoms with Gasteiger partial charge in [0, 0.05) is 12.7 Å². The van der Waals surface area contributed by atoms with Crippen LogP contribution in [-0.2, 0) is 0 Å². The summed E-state index contributed by atoms with van der Waals surface area (Å²) in [7, 11) is 0. The molecule has 0 saturated heterocycles. The third-order valence-corrected chi connectivity index (χ3v) is 2.97. The number of aliphatic hydroxyl groups excluding tert-OH is 1. The van der Waals surface area contributed by atoms with Crippen LogP contribution in [0.1, 0.15) is 26.2 Å². The highest BCUT2D eigenvalue weighted by atomic mass is 16.3. The highest BCUT2D eigenvalue weighted by Crippen LogP contribution is 2.37. The lowest BCUT2D eigenvalue weighted by Crippen LogP contribution is -2.57. The van der Waals surface area contributed by atoms with Crippen molar-refractivity contribution in [3.63, 3.8) is 0 Å². The van der Waals surface area contributed by atoms with Gasteiger partial charge in [0.25, 0.3) is 0 Å². The monoisotopic (exact) mass is 168 g/mol. The Bertz CT molecular complexity index is 203. The fourth-order valence-corrected chi connectivity index (χ4v) is 1.89. The van der Waals surface area contributed by atoms with Crippen LogP contribution in [0.15, 0.2) is 11.8 Å². The number of rotatable bonds is 2. The Hall–Kier alpha value is -0.540. The van der Waals surface area contributed by atoms with Gasteiger partial charge in [-0.25, -0.2) is 5.43 Å². The van der Waals surface area contributed by atoms with E-state index in [9.17, 15) is 5.11 Å². The summed E-state index contributed by atoms with van der Waals surface area (Å²) in [5.74, 6) is 0. The van der Waals surface area contributed by atoms with E-state index in [2.05, 4.69) is 23.6 Å². The molecule has 3 nitrogen and oxygen atoms in total. The van der Waals surface area contributed by atoms with Crippen LogP contribution < -0.4 is 5.43 Å². The Morgan fingerprint density at radius 2 is 2.42 bits per heavy atom. The fourth-order valence-electron chi connectivity index (χ4n) is 1.89. The van der Waals surface area contributed by atoms with Gasteiger partial charge in [-0.05, 0) is 31.8 Å². The normalized spacial score (nSPS) is 26.8. The number of hydrogen-bond acceptors (Lipinski definition) is 3. The number of nitrogens with zero attached hydrogens (tertiary/aromatic N) is 1. The summed E-state index contributed by atoms with van der Waals surface area (Å²) in [6.07, 6.45) is 5.58. The zero-order chi connectivity index (χ0) is 8.60. The third kappa shape index (κ3) is 1.04. The van der Waals surface area contributed by atoms with Crippen molar-refractivity contribution >= 4 is 0 Å². The van der Waals surface area contributed by atoms with E-state index in [0.717, 1.165) is 19.4 Å². The summed E-state index contributed by atoms with van der Waals surface area (Å²) in [5.41, 5.74) is 4.65. The molecule has 2 aliphatic rings.